The first kappa shape index (κ1) is 21.1. The van der Waals surface area contributed by atoms with Gasteiger partial charge in [-0.2, -0.15) is 0 Å². The van der Waals surface area contributed by atoms with Crippen molar-refractivity contribution in [2.45, 2.75) is 19.4 Å². The number of fused-ring (bicyclic) bond motifs is 2. The predicted octanol–water partition coefficient (Wildman–Crippen LogP) is 4.38. The smallest absolute Gasteiger partial charge is 0.326 e. The molecule has 1 atom stereocenters. The fourth-order valence-corrected chi connectivity index (χ4v) is 3.95. The average Bonchev–Trinajstić information content (AvgIpc) is 2.78. The average molecular weight is 426 g/mol. The Hall–Kier alpha value is -4.19. The standard InChI is InChI=1S/C26H22N2O4/c1-16(29)27-23-13-7-6-12-21(23)25(30)28-24(26(31)32)15-22-19-10-4-2-8-17(19)14-18-9-3-5-11-20(18)22/h2-14,24H,15H2,1H3,(H,27,29)(H,28,30)(H,31,32)/t24-/m0/s1. The van der Waals surface area contributed by atoms with E-state index in [1.54, 1.807) is 24.3 Å². The third kappa shape index (κ3) is 4.30. The van der Waals surface area contributed by atoms with E-state index < -0.39 is 17.9 Å². The van der Waals surface area contributed by atoms with Crippen molar-refractivity contribution >= 4 is 45.0 Å². The molecule has 0 aliphatic carbocycles. The summed E-state index contributed by atoms with van der Waals surface area (Å²) in [6.07, 6.45) is 0.116. The SMILES string of the molecule is CC(=O)Nc1ccccc1C(=O)N[C@@H](Cc1c2ccccc2cc2ccccc12)C(=O)O. The molecule has 0 aromatic heterocycles. The number of rotatable bonds is 6. The maximum absolute atomic E-state index is 13.0. The highest BCUT2D eigenvalue weighted by Crippen LogP contribution is 2.29. The zero-order chi connectivity index (χ0) is 22.7. The summed E-state index contributed by atoms with van der Waals surface area (Å²) in [6.45, 7) is 1.35. The van der Waals surface area contributed by atoms with Gasteiger partial charge in [0.25, 0.3) is 5.91 Å². The topological polar surface area (TPSA) is 95.5 Å². The van der Waals surface area contributed by atoms with E-state index in [-0.39, 0.29) is 17.9 Å². The molecule has 4 aromatic rings. The highest BCUT2D eigenvalue weighted by molar-refractivity contribution is 6.05. The maximum atomic E-state index is 13.0. The number of carbonyl (C=O) groups excluding carboxylic acids is 2. The van der Waals surface area contributed by atoms with Gasteiger partial charge in [-0.3, -0.25) is 9.59 Å². The second-order valence-electron chi connectivity index (χ2n) is 7.59. The number of nitrogens with one attached hydrogen (secondary N) is 2. The van der Waals surface area contributed by atoms with Gasteiger partial charge in [0.15, 0.2) is 0 Å². The van der Waals surface area contributed by atoms with Crippen molar-refractivity contribution in [2.24, 2.45) is 0 Å². The van der Waals surface area contributed by atoms with Gasteiger partial charge in [-0.05, 0) is 45.3 Å². The summed E-state index contributed by atoms with van der Waals surface area (Å²) in [5, 5.41) is 19.1. The molecule has 3 N–H and O–H groups in total. The molecule has 0 unspecified atom stereocenters. The van der Waals surface area contributed by atoms with Crippen LogP contribution in [0.2, 0.25) is 0 Å². The third-order valence-electron chi connectivity index (χ3n) is 5.38. The molecule has 160 valence electrons. The number of aliphatic carboxylic acids is 1. The van der Waals surface area contributed by atoms with Crippen LogP contribution in [0.5, 0.6) is 0 Å². The maximum Gasteiger partial charge on any atom is 0.326 e. The minimum absolute atomic E-state index is 0.116. The molecule has 0 bridgehead atoms. The largest absolute Gasteiger partial charge is 0.480 e. The van der Waals surface area contributed by atoms with Gasteiger partial charge in [0, 0.05) is 13.3 Å². The number of hydrogen-bond donors (Lipinski definition) is 3. The summed E-state index contributed by atoms with van der Waals surface area (Å²) in [7, 11) is 0. The Kier molecular flexibility index (Phi) is 5.85. The lowest BCUT2D eigenvalue weighted by Crippen LogP contribution is -2.42. The van der Waals surface area contributed by atoms with E-state index >= 15 is 0 Å². The van der Waals surface area contributed by atoms with Crippen molar-refractivity contribution in [3.05, 3.63) is 90.0 Å². The van der Waals surface area contributed by atoms with Gasteiger partial charge in [0.2, 0.25) is 5.91 Å². The number of hydrogen-bond acceptors (Lipinski definition) is 3. The molecule has 0 aliphatic heterocycles. The van der Waals surface area contributed by atoms with Crippen LogP contribution in [0.15, 0.2) is 78.9 Å². The molecular weight excluding hydrogens is 404 g/mol. The molecule has 0 spiro atoms. The first-order valence-corrected chi connectivity index (χ1v) is 10.2. The lowest BCUT2D eigenvalue weighted by Gasteiger charge is -2.19. The number of carbonyl (C=O) groups is 3. The summed E-state index contributed by atoms with van der Waals surface area (Å²) in [4.78, 5) is 36.5. The Morgan fingerprint density at radius 2 is 1.41 bits per heavy atom. The Morgan fingerprint density at radius 3 is 2.00 bits per heavy atom. The fraction of sp³-hybridized carbons (Fsp3) is 0.115. The second-order valence-corrected chi connectivity index (χ2v) is 7.59. The Balaban J connectivity index is 1.71. The minimum Gasteiger partial charge on any atom is -0.480 e. The molecule has 0 heterocycles. The van der Waals surface area contributed by atoms with Crippen molar-refractivity contribution in [1.29, 1.82) is 0 Å². The second kappa shape index (κ2) is 8.89. The van der Waals surface area contributed by atoms with Crippen LogP contribution in [0.3, 0.4) is 0 Å². The van der Waals surface area contributed by atoms with E-state index in [1.807, 2.05) is 48.5 Å². The predicted molar refractivity (Wildman–Crippen MR) is 125 cm³/mol. The van der Waals surface area contributed by atoms with Gasteiger partial charge < -0.3 is 15.7 Å². The molecule has 2 amide bonds. The van der Waals surface area contributed by atoms with Gasteiger partial charge in [-0.1, -0.05) is 60.7 Å². The Labute approximate surface area is 184 Å². The number of para-hydroxylation sites is 1. The number of carboxylic acids is 1. The fourth-order valence-electron chi connectivity index (χ4n) is 3.95. The Bertz CT molecular complexity index is 1290. The molecule has 4 aromatic carbocycles. The monoisotopic (exact) mass is 426 g/mol. The van der Waals surface area contributed by atoms with Crippen molar-refractivity contribution in [3.63, 3.8) is 0 Å². The number of benzene rings is 4. The molecule has 0 fully saturated rings. The van der Waals surface area contributed by atoms with E-state index in [0.29, 0.717) is 5.69 Å². The molecule has 0 saturated heterocycles. The van der Waals surface area contributed by atoms with E-state index in [1.165, 1.54) is 6.92 Å². The van der Waals surface area contributed by atoms with Crippen molar-refractivity contribution in [2.75, 3.05) is 5.32 Å². The number of amides is 2. The summed E-state index contributed by atoms with van der Waals surface area (Å²) in [5.41, 5.74) is 1.40. The normalized spacial score (nSPS) is 11.8. The van der Waals surface area contributed by atoms with Crippen molar-refractivity contribution in [1.82, 2.24) is 5.32 Å². The van der Waals surface area contributed by atoms with Gasteiger partial charge in [-0.25, -0.2) is 4.79 Å². The van der Waals surface area contributed by atoms with E-state index in [9.17, 15) is 19.5 Å². The van der Waals surface area contributed by atoms with Crippen LogP contribution in [0.4, 0.5) is 5.69 Å². The van der Waals surface area contributed by atoms with Gasteiger partial charge in [0.05, 0.1) is 11.3 Å². The first-order chi connectivity index (χ1) is 15.4. The molecular formula is C26H22N2O4. The number of carboxylic acid groups (broad SMARTS) is 1. The molecule has 6 nitrogen and oxygen atoms in total. The minimum atomic E-state index is -1.15. The van der Waals surface area contributed by atoms with Gasteiger partial charge in [0.1, 0.15) is 6.04 Å². The van der Waals surface area contributed by atoms with E-state index in [0.717, 1.165) is 27.1 Å². The molecule has 0 saturated carbocycles. The molecule has 6 heteroatoms. The molecule has 0 aliphatic rings. The highest BCUT2D eigenvalue weighted by atomic mass is 16.4. The van der Waals surface area contributed by atoms with Crippen LogP contribution in [0, 0.1) is 0 Å². The highest BCUT2D eigenvalue weighted by Gasteiger charge is 2.24. The zero-order valence-corrected chi connectivity index (χ0v) is 17.5. The lowest BCUT2D eigenvalue weighted by molar-refractivity contribution is -0.139. The first-order valence-electron chi connectivity index (χ1n) is 10.2. The summed E-state index contributed by atoms with van der Waals surface area (Å²) < 4.78 is 0. The zero-order valence-electron chi connectivity index (χ0n) is 17.5. The number of anilines is 1. The van der Waals surface area contributed by atoms with Crippen molar-refractivity contribution in [3.8, 4) is 0 Å². The van der Waals surface area contributed by atoms with Crippen LogP contribution in [0.1, 0.15) is 22.8 Å². The van der Waals surface area contributed by atoms with Gasteiger partial charge in [-0.15, -0.1) is 0 Å². The lowest BCUT2D eigenvalue weighted by atomic mass is 9.92. The molecule has 4 rings (SSSR count). The summed E-state index contributed by atoms with van der Waals surface area (Å²) in [6, 6.07) is 23.0. The quantitative estimate of drug-likeness (QED) is 0.399. The van der Waals surface area contributed by atoms with Crippen LogP contribution < -0.4 is 10.6 Å². The Morgan fingerprint density at radius 1 is 0.844 bits per heavy atom. The van der Waals surface area contributed by atoms with Crippen LogP contribution in [-0.2, 0) is 16.0 Å². The summed E-state index contributed by atoms with van der Waals surface area (Å²) >= 11 is 0. The molecule has 0 radical (unpaired) electrons. The van der Waals surface area contributed by atoms with E-state index in [2.05, 4.69) is 16.7 Å². The summed E-state index contributed by atoms with van der Waals surface area (Å²) in [5.74, 6) is -2.01. The van der Waals surface area contributed by atoms with E-state index in [4.69, 9.17) is 0 Å². The van der Waals surface area contributed by atoms with Crippen LogP contribution >= 0.6 is 0 Å². The van der Waals surface area contributed by atoms with Gasteiger partial charge >= 0.3 is 5.97 Å². The van der Waals surface area contributed by atoms with Crippen molar-refractivity contribution < 1.29 is 19.5 Å². The van der Waals surface area contributed by atoms with Crippen LogP contribution in [0.25, 0.3) is 21.5 Å². The third-order valence-corrected chi connectivity index (χ3v) is 5.38. The van der Waals surface area contributed by atoms with Crippen LogP contribution in [-0.4, -0.2) is 28.9 Å². The molecule has 32 heavy (non-hydrogen) atoms.